The zero-order valence-electron chi connectivity index (χ0n) is 12.6. The summed E-state index contributed by atoms with van der Waals surface area (Å²) >= 11 is 0. The molecule has 0 radical (unpaired) electrons. The molecule has 1 saturated heterocycles. The van der Waals surface area contributed by atoms with Crippen molar-refractivity contribution >= 4 is 9.84 Å². The largest absolute Gasteiger partial charge is 0.308 e. The smallest absolute Gasteiger partial charge is 0.151 e. The van der Waals surface area contributed by atoms with Gasteiger partial charge in [-0.15, -0.1) is 0 Å². The quantitative estimate of drug-likeness (QED) is 0.795. The summed E-state index contributed by atoms with van der Waals surface area (Å²) in [6.07, 6.45) is 0.672. The van der Waals surface area contributed by atoms with Crippen molar-refractivity contribution in [2.75, 3.05) is 38.7 Å². The molecule has 1 aromatic rings. The van der Waals surface area contributed by atoms with Crippen LogP contribution in [0.2, 0.25) is 0 Å². The first kappa shape index (κ1) is 16.4. The number of benzene rings is 1. The van der Waals surface area contributed by atoms with E-state index in [1.807, 2.05) is 20.2 Å². The molecular formula is C15H23FN2O2S. The van der Waals surface area contributed by atoms with Gasteiger partial charge in [-0.2, -0.15) is 0 Å². The molecule has 0 aliphatic carbocycles. The molecule has 1 aliphatic rings. The fourth-order valence-corrected chi connectivity index (χ4v) is 4.41. The van der Waals surface area contributed by atoms with Gasteiger partial charge in [-0.3, -0.25) is 4.90 Å². The van der Waals surface area contributed by atoms with Gasteiger partial charge in [0.15, 0.2) is 9.84 Å². The van der Waals surface area contributed by atoms with Crippen LogP contribution >= 0.6 is 0 Å². The normalized spacial score (nSPS) is 21.3. The van der Waals surface area contributed by atoms with E-state index in [1.54, 1.807) is 6.07 Å². The van der Waals surface area contributed by atoms with Gasteiger partial charge in [0, 0.05) is 25.7 Å². The zero-order chi connectivity index (χ0) is 15.5. The Kier molecular flexibility index (Phi) is 5.35. The lowest BCUT2D eigenvalue weighted by atomic mass is 10.1. The summed E-state index contributed by atoms with van der Waals surface area (Å²) in [5.74, 6) is 0.230. The number of halogens is 1. The van der Waals surface area contributed by atoms with Gasteiger partial charge in [-0.25, -0.2) is 12.8 Å². The molecule has 21 heavy (non-hydrogen) atoms. The van der Waals surface area contributed by atoms with Gasteiger partial charge < -0.3 is 4.90 Å². The van der Waals surface area contributed by atoms with Crippen LogP contribution in [0.1, 0.15) is 12.0 Å². The second-order valence-electron chi connectivity index (χ2n) is 5.96. The Morgan fingerprint density at radius 3 is 2.62 bits per heavy atom. The monoisotopic (exact) mass is 314 g/mol. The Bertz CT molecular complexity index is 575. The predicted octanol–water partition coefficient (Wildman–Crippen LogP) is 1.38. The number of rotatable bonds is 6. The van der Waals surface area contributed by atoms with Gasteiger partial charge in [0.05, 0.1) is 11.5 Å². The van der Waals surface area contributed by atoms with Crippen molar-refractivity contribution in [2.24, 2.45) is 0 Å². The van der Waals surface area contributed by atoms with Gasteiger partial charge in [-0.1, -0.05) is 12.1 Å². The van der Waals surface area contributed by atoms with Crippen molar-refractivity contribution < 1.29 is 12.8 Å². The van der Waals surface area contributed by atoms with Crippen LogP contribution in [0, 0.1) is 5.82 Å². The molecule has 0 bridgehead atoms. The maximum absolute atomic E-state index is 13.3. The third-order valence-electron chi connectivity index (χ3n) is 3.83. The van der Waals surface area contributed by atoms with Crippen molar-refractivity contribution in [3.05, 3.63) is 35.6 Å². The molecule has 118 valence electrons. The maximum atomic E-state index is 13.3. The lowest BCUT2D eigenvalue weighted by Crippen LogP contribution is -2.40. The van der Waals surface area contributed by atoms with Gasteiger partial charge in [-0.05, 0) is 38.2 Å². The Balaban J connectivity index is 2.08. The number of hydrogen-bond acceptors (Lipinski definition) is 4. The van der Waals surface area contributed by atoms with Crippen LogP contribution in [0.5, 0.6) is 0 Å². The first-order chi connectivity index (χ1) is 9.85. The Morgan fingerprint density at radius 2 is 2.05 bits per heavy atom. The van der Waals surface area contributed by atoms with Crippen molar-refractivity contribution in [3.8, 4) is 0 Å². The molecule has 4 nitrogen and oxygen atoms in total. The fourth-order valence-electron chi connectivity index (χ4n) is 2.65. The summed E-state index contributed by atoms with van der Waals surface area (Å²) in [6.45, 7) is 2.22. The minimum atomic E-state index is -2.91. The molecule has 1 atom stereocenters. The molecule has 0 aromatic heterocycles. The van der Waals surface area contributed by atoms with Crippen LogP contribution in [0.25, 0.3) is 0 Å². The summed E-state index contributed by atoms with van der Waals surface area (Å²) < 4.78 is 36.7. The number of likely N-dealkylation sites (N-methyl/N-ethyl adjacent to an activating group) is 1. The molecule has 1 heterocycles. The van der Waals surface area contributed by atoms with Crippen LogP contribution in [-0.4, -0.2) is 63.0 Å². The minimum absolute atomic E-state index is 0.0400. The van der Waals surface area contributed by atoms with Crippen molar-refractivity contribution in [1.82, 2.24) is 9.80 Å². The van der Waals surface area contributed by atoms with Crippen molar-refractivity contribution in [1.29, 1.82) is 0 Å². The van der Waals surface area contributed by atoms with Gasteiger partial charge >= 0.3 is 0 Å². The molecule has 0 N–H and O–H groups in total. The van der Waals surface area contributed by atoms with E-state index in [0.29, 0.717) is 13.0 Å². The van der Waals surface area contributed by atoms with Crippen LogP contribution in [-0.2, 0) is 16.4 Å². The average Bonchev–Trinajstić information content (AvgIpc) is 2.74. The van der Waals surface area contributed by atoms with Gasteiger partial charge in [0.1, 0.15) is 5.82 Å². The molecule has 0 spiro atoms. The van der Waals surface area contributed by atoms with Gasteiger partial charge in [0.25, 0.3) is 0 Å². The molecule has 0 saturated carbocycles. The molecule has 6 heteroatoms. The van der Waals surface area contributed by atoms with E-state index in [0.717, 1.165) is 18.7 Å². The van der Waals surface area contributed by atoms with E-state index in [1.165, 1.54) is 12.1 Å². The lowest BCUT2D eigenvalue weighted by molar-refractivity contribution is 0.183. The van der Waals surface area contributed by atoms with E-state index in [2.05, 4.69) is 9.80 Å². The van der Waals surface area contributed by atoms with Crippen molar-refractivity contribution in [3.63, 3.8) is 0 Å². The highest BCUT2D eigenvalue weighted by atomic mass is 32.2. The summed E-state index contributed by atoms with van der Waals surface area (Å²) in [5, 5.41) is 0. The van der Waals surface area contributed by atoms with E-state index in [-0.39, 0.29) is 23.4 Å². The zero-order valence-corrected chi connectivity index (χ0v) is 13.4. The molecule has 1 aliphatic heterocycles. The summed E-state index contributed by atoms with van der Waals surface area (Å²) in [7, 11) is 1.07. The van der Waals surface area contributed by atoms with E-state index in [9.17, 15) is 12.8 Å². The third-order valence-corrected chi connectivity index (χ3v) is 5.58. The minimum Gasteiger partial charge on any atom is -0.308 e. The van der Waals surface area contributed by atoms with Crippen LogP contribution in [0.3, 0.4) is 0 Å². The lowest BCUT2D eigenvalue weighted by Gasteiger charge is -2.29. The average molecular weight is 314 g/mol. The van der Waals surface area contributed by atoms with Crippen LogP contribution in [0.15, 0.2) is 24.3 Å². The molecule has 1 aromatic carbocycles. The Labute approximate surface area is 126 Å². The maximum Gasteiger partial charge on any atom is 0.151 e. The standard InChI is InChI=1S/C15H23FN2O2S/c1-17(2)7-8-18(15-6-9-21(19,20)12-15)11-13-4-3-5-14(16)10-13/h3-5,10,15H,6-9,11-12H2,1-2H3/t15-/m0/s1. The molecule has 2 rings (SSSR count). The van der Waals surface area contributed by atoms with Gasteiger partial charge in [0.2, 0.25) is 0 Å². The molecule has 0 unspecified atom stereocenters. The number of nitrogens with zero attached hydrogens (tertiary/aromatic N) is 2. The first-order valence-electron chi connectivity index (χ1n) is 7.19. The molecule has 0 amide bonds. The third kappa shape index (κ3) is 5.05. The highest BCUT2D eigenvalue weighted by Crippen LogP contribution is 2.20. The second kappa shape index (κ2) is 6.85. The summed E-state index contributed by atoms with van der Waals surface area (Å²) in [5.41, 5.74) is 0.887. The van der Waals surface area contributed by atoms with Crippen molar-refractivity contribution in [2.45, 2.75) is 19.0 Å². The predicted molar refractivity (Wildman–Crippen MR) is 82.4 cm³/mol. The second-order valence-corrected chi connectivity index (χ2v) is 8.19. The number of hydrogen-bond donors (Lipinski definition) is 0. The topological polar surface area (TPSA) is 40.6 Å². The van der Waals surface area contributed by atoms with E-state index in [4.69, 9.17) is 0 Å². The van der Waals surface area contributed by atoms with E-state index < -0.39 is 9.84 Å². The fraction of sp³-hybridized carbons (Fsp3) is 0.600. The summed E-state index contributed by atoms with van der Waals surface area (Å²) in [6, 6.07) is 6.56. The molecular weight excluding hydrogens is 291 g/mol. The van der Waals surface area contributed by atoms with Crippen LogP contribution in [0.4, 0.5) is 4.39 Å². The van der Waals surface area contributed by atoms with E-state index >= 15 is 0 Å². The highest BCUT2D eigenvalue weighted by molar-refractivity contribution is 7.91. The molecule has 1 fully saturated rings. The number of sulfone groups is 1. The Hall–Kier alpha value is -0.980. The Morgan fingerprint density at radius 1 is 1.29 bits per heavy atom. The van der Waals surface area contributed by atoms with Crippen LogP contribution < -0.4 is 0 Å². The first-order valence-corrected chi connectivity index (χ1v) is 9.01. The summed E-state index contributed by atoms with van der Waals surface area (Å²) in [4.78, 5) is 4.24. The SMILES string of the molecule is CN(C)CCN(Cc1cccc(F)c1)[C@H]1CCS(=O)(=O)C1. The highest BCUT2D eigenvalue weighted by Gasteiger charge is 2.32.